The highest BCUT2D eigenvalue weighted by atomic mass is 35.5. The molecule has 2 rings (SSSR count). The third kappa shape index (κ3) is 2.45. The van der Waals surface area contributed by atoms with E-state index >= 15 is 0 Å². The highest BCUT2D eigenvalue weighted by molar-refractivity contribution is 6.33. The summed E-state index contributed by atoms with van der Waals surface area (Å²) in [4.78, 5) is 18.2. The Morgan fingerprint density at radius 1 is 1.42 bits per heavy atom. The Bertz CT molecular complexity index is 651. The van der Waals surface area contributed by atoms with Crippen molar-refractivity contribution in [3.8, 4) is 11.3 Å². The average molecular weight is 283 g/mol. The molecule has 0 unspecified atom stereocenters. The number of benzene rings is 1. The topological polar surface area (TPSA) is 81.0 Å². The minimum absolute atomic E-state index is 0.0364. The van der Waals surface area contributed by atoms with E-state index < -0.39 is 10.7 Å². The molecule has 98 valence electrons. The second-order valence-electron chi connectivity index (χ2n) is 3.55. The Hall–Kier alpha value is -2.28. The van der Waals surface area contributed by atoms with E-state index in [9.17, 15) is 14.5 Å². The fraction of sp³-hybridized carbons (Fsp3) is 0.0909. The van der Waals surface area contributed by atoms with E-state index in [4.69, 9.17) is 11.6 Å². The lowest BCUT2D eigenvalue weighted by Gasteiger charge is -2.07. The number of aromatic nitrogens is 2. The fourth-order valence-corrected chi connectivity index (χ4v) is 1.87. The van der Waals surface area contributed by atoms with Crippen LogP contribution in [-0.4, -0.2) is 21.9 Å². The predicted octanol–water partition coefficient (Wildman–Crippen LogP) is 2.89. The van der Waals surface area contributed by atoms with Gasteiger partial charge in [0.2, 0.25) is 5.82 Å². The maximum atomic E-state index is 13.0. The van der Waals surface area contributed by atoms with E-state index in [0.29, 0.717) is 0 Å². The zero-order valence-corrected chi connectivity index (χ0v) is 10.5. The lowest BCUT2D eigenvalue weighted by Crippen LogP contribution is -2.03. The van der Waals surface area contributed by atoms with Crippen molar-refractivity contribution < 1.29 is 9.31 Å². The number of nitrogens with one attached hydrogen (secondary N) is 1. The molecule has 0 spiro atoms. The van der Waals surface area contributed by atoms with E-state index in [2.05, 4.69) is 15.3 Å². The Kier molecular flexibility index (Phi) is 3.57. The van der Waals surface area contributed by atoms with Crippen molar-refractivity contribution in [3.63, 3.8) is 0 Å². The first kappa shape index (κ1) is 13.2. The summed E-state index contributed by atoms with van der Waals surface area (Å²) in [6.07, 6.45) is 1.17. The number of rotatable bonds is 3. The summed E-state index contributed by atoms with van der Waals surface area (Å²) in [5, 5.41) is 13.8. The zero-order chi connectivity index (χ0) is 14.0. The zero-order valence-electron chi connectivity index (χ0n) is 9.72. The van der Waals surface area contributed by atoms with Crippen molar-refractivity contribution in [2.45, 2.75) is 0 Å². The number of hydrogen-bond donors (Lipinski definition) is 1. The SMILES string of the molecule is CNc1ncnc(-c2ccc(F)cc2Cl)c1[N+](=O)[O-]. The first-order valence-corrected chi connectivity index (χ1v) is 5.55. The number of anilines is 1. The first-order valence-electron chi connectivity index (χ1n) is 5.17. The molecule has 0 aliphatic carbocycles. The average Bonchev–Trinajstić information content (AvgIpc) is 2.37. The standard InChI is InChI=1S/C11H8ClFN4O2/c1-14-11-10(17(18)19)9(15-5-16-11)7-3-2-6(13)4-8(7)12/h2-5H,1H3,(H,14,15,16). The van der Waals surface area contributed by atoms with Gasteiger partial charge in [-0.3, -0.25) is 10.1 Å². The summed E-state index contributed by atoms with van der Waals surface area (Å²) >= 11 is 5.89. The van der Waals surface area contributed by atoms with Gasteiger partial charge in [0, 0.05) is 12.6 Å². The van der Waals surface area contributed by atoms with Crippen molar-refractivity contribution in [2.75, 3.05) is 12.4 Å². The Labute approximate surface area is 112 Å². The molecule has 1 heterocycles. The maximum Gasteiger partial charge on any atom is 0.337 e. The predicted molar refractivity (Wildman–Crippen MR) is 68.6 cm³/mol. The molecule has 0 aliphatic rings. The van der Waals surface area contributed by atoms with E-state index in [1.165, 1.54) is 19.4 Å². The minimum Gasteiger partial charge on any atom is -0.367 e. The minimum atomic E-state index is -0.610. The molecule has 0 aliphatic heterocycles. The van der Waals surface area contributed by atoms with E-state index in [0.717, 1.165) is 12.1 Å². The smallest absolute Gasteiger partial charge is 0.337 e. The summed E-state index contributed by atoms with van der Waals surface area (Å²) in [6, 6.07) is 3.57. The third-order valence-corrected chi connectivity index (χ3v) is 2.74. The van der Waals surface area contributed by atoms with Gasteiger partial charge in [0.05, 0.1) is 9.95 Å². The van der Waals surface area contributed by atoms with Crippen LogP contribution < -0.4 is 5.32 Å². The molecular formula is C11H8ClFN4O2. The molecule has 0 atom stereocenters. The molecule has 0 bridgehead atoms. The molecule has 0 saturated carbocycles. The van der Waals surface area contributed by atoms with Gasteiger partial charge in [0.1, 0.15) is 12.1 Å². The third-order valence-electron chi connectivity index (χ3n) is 2.43. The van der Waals surface area contributed by atoms with Gasteiger partial charge in [0.15, 0.2) is 5.69 Å². The Morgan fingerprint density at radius 2 is 2.16 bits per heavy atom. The van der Waals surface area contributed by atoms with Crippen molar-refractivity contribution in [1.29, 1.82) is 0 Å². The summed E-state index contributed by atoms with van der Waals surface area (Å²) in [5.41, 5.74) is 0.00141. The maximum absolute atomic E-state index is 13.0. The molecule has 0 fully saturated rings. The second-order valence-corrected chi connectivity index (χ2v) is 3.96. The molecule has 0 saturated heterocycles. The lowest BCUT2D eigenvalue weighted by atomic mass is 10.1. The van der Waals surface area contributed by atoms with Crippen LogP contribution in [0.4, 0.5) is 15.9 Å². The van der Waals surface area contributed by atoms with Gasteiger partial charge in [-0.15, -0.1) is 0 Å². The highest BCUT2D eigenvalue weighted by Gasteiger charge is 2.24. The van der Waals surface area contributed by atoms with Gasteiger partial charge in [-0.05, 0) is 18.2 Å². The lowest BCUT2D eigenvalue weighted by molar-refractivity contribution is -0.383. The van der Waals surface area contributed by atoms with Crippen molar-refractivity contribution >= 4 is 23.1 Å². The fourth-order valence-electron chi connectivity index (χ4n) is 1.61. The van der Waals surface area contributed by atoms with Crippen LogP contribution in [0.3, 0.4) is 0 Å². The van der Waals surface area contributed by atoms with Crippen molar-refractivity contribution in [3.05, 3.63) is 45.5 Å². The molecule has 8 heteroatoms. The van der Waals surface area contributed by atoms with Crippen LogP contribution in [0.1, 0.15) is 0 Å². The van der Waals surface area contributed by atoms with Crippen LogP contribution in [0.2, 0.25) is 5.02 Å². The first-order chi connectivity index (χ1) is 9.04. The summed E-state index contributed by atoms with van der Waals surface area (Å²) in [6.45, 7) is 0. The molecular weight excluding hydrogens is 275 g/mol. The Morgan fingerprint density at radius 3 is 2.74 bits per heavy atom. The van der Waals surface area contributed by atoms with Crippen molar-refractivity contribution in [2.24, 2.45) is 0 Å². The van der Waals surface area contributed by atoms with Crippen LogP contribution in [0.25, 0.3) is 11.3 Å². The van der Waals surface area contributed by atoms with E-state index in [-0.39, 0.29) is 27.8 Å². The van der Waals surface area contributed by atoms with Crippen LogP contribution >= 0.6 is 11.6 Å². The number of hydrogen-bond acceptors (Lipinski definition) is 5. The van der Waals surface area contributed by atoms with Crippen molar-refractivity contribution in [1.82, 2.24) is 9.97 Å². The van der Waals surface area contributed by atoms with E-state index in [1.807, 2.05) is 0 Å². The second kappa shape index (κ2) is 5.15. The largest absolute Gasteiger partial charge is 0.367 e. The van der Waals surface area contributed by atoms with Gasteiger partial charge < -0.3 is 5.32 Å². The molecule has 0 radical (unpaired) electrons. The molecule has 1 N–H and O–H groups in total. The summed E-state index contributed by atoms with van der Waals surface area (Å²) in [7, 11) is 1.51. The number of halogens is 2. The van der Waals surface area contributed by atoms with Crippen LogP contribution in [0, 0.1) is 15.9 Å². The van der Waals surface area contributed by atoms with Gasteiger partial charge in [-0.25, -0.2) is 14.4 Å². The van der Waals surface area contributed by atoms with Gasteiger partial charge >= 0.3 is 5.69 Å². The molecule has 0 amide bonds. The van der Waals surface area contributed by atoms with Gasteiger partial charge in [-0.1, -0.05) is 11.6 Å². The Balaban J connectivity index is 2.71. The highest BCUT2D eigenvalue weighted by Crippen LogP contribution is 2.36. The molecule has 6 nitrogen and oxygen atoms in total. The van der Waals surface area contributed by atoms with E-state index in [1.54, 1.807) is 0 Å². The van der Waals surface area contributed by atoms with Crippen LogP contribution in [-0.2, 0) is 0 Å². The molecule has 19 heavy (non-hydrogen) atoms. The van der Waals surface area contributed by atoms with Gasteiger partial charge in [-0.2, -0.15) is 0 Å². The van der Waals surface area contributed by atoms with Gasteiger partial charge in [0.25, 0.3) is 0 Å². The van der Waals surface area contributed by atoms with Crippen LogP contribution in [0.15, 0.2) is 24.5 Å². The monoisotopic (exact) mass is 282 g/mol. The number of nitro groups is 1. The normalized spacial score (nSPS) is 10.3. The molecule has 1 aromatic carbocycles. The number of nitrogens with zero attached hydrogens (tertiary/aromatic N) is 3. The summed E-state index contributed by atoms with van der Waals surface area (Å²) < 4.78 is 13.0. The quantitative estimate of drug-likeness (QED) is 0.691. The molecule has 2 aromatic rings. The summed E-state index contributed by atoms with van der Waals surface area (Å²) in [5.74, 6) is -0.463. The van der Waals surface area contributed by atoms with Crippen LogP contribution in [0.5, 0.6) is 0 Å². The molecule has 1 aromatic heterocycles.